The molecular formula is C23H18ClFN4O3S. The summed E-state index contributed by atoms with van der Waals surface area (Å²) in [7, 11) is -3.85. The average molecular weight is 485 g/mol. The second-order valence-electron chi connectivity index (χ2n) is 7.46. The van der Waals surface area contributed by atoms with Crippen LogP contribution in [0.5, 0.6) is 0 Å². The van der Waals surface area contributed by atoms with E-state index in [2.05, 4.69) is 15.0 Å². The van der Waals surface area contributed by atoms with Gasteiger partial charge in [0.15, 0.2) is 9.84 Å². The summed E-state index contributed by atoms with van der Waals surface area (Å²) in [4.78, 5) is 26.8. The zero-order valence-corrected chi connectivity index (χ0v) is 19.2. The van der Waals surface area contributed by atoms with Gasteiger partial charge in [-0.3, -0.25) is 4.79 Å². The highest BCUT2D eigenvalue weighted by Gasteiger charge is 2.25. The topological polar surface area (TPSA) is 93.1 Å². The zero-order valence-electron chi connectivity index (χ0n) is 17.7. The van der Waals surface area contributed by atoms with Gasteiger partial charge in [-0.05, 0) is 48.9 Å². The summed E-state index contributed by atoms with van der Waals surface area (Å²) in [5.41, 5.74) is 1.49. The minimum atomic E-state index is -3.85. The van der Waals surface area contributed by atoms with E-state index in [-0.39, 0.29) is 22.7 Å². The van der Waals surface area contributed by atoms with Crippen molar-refractivity contribution in [2.24, 2.45) is 0 Å². The first kappa shape index (κ1) is 22.8. The van der Waals surface area contributed by atoms with E-state index in [4.69, 9.17) is 11.6 Å². The number of fused-ring (bicyclic) bond motifs is 1. The van der Waals surface area contributed by atoms with Crippen molar-refractivity contribution in [3.8, 4) is 0 Å². The van der Waals surface area contributed by atoms with Crippen LogP contribution in [0.15, 0.2) is 65.8 Å². The number of carbonyl (C=O) groups excluding carboxylic acids is 1. The van der Waals surface area contributed by atoms with Crippen molar-refractivity contribution in [3.63, 3.8) is 0 Å². The summed E-state index contributed by atoms with van der Waals surface area (Å²) in [6.07, 6.45) is 3.69. The third-order valence-electron chi connectivity index (χ3n) is 4.95. The largest absolute Gasteiger partial charge is 0.303 e. The molecule has 2 aromatic carbocycles. The molecule has 0 aliphatic heterocycles. The minimum absolute atomic E-state index is 0.00893. The highest BCUT2D eigenvalue weighted by molar-refractivity contribution is 7.90. The average Bonchev–Trinajstić information content (AvgIpc) is 2.77. The second kappa shape index (κ2) is 8.84. The fourth-order valence-corrected chi connectivity index (χ4v) is 4.39. The van der Waals surface area contributed by atoms with E-state index in [0.717, 1.165) is 23.8 Å². The van der Waals surface area contributed by atoms with Crippen LogP contribution in [0, 0.1) is 12.7 Å². The van der Waals surface area contributed by atoms with Gasteiger partial charge >= 0.3 is 0 Å². The van der Waals surface area contributed by atoms with Gasteiger partial charge in [0.2, 0.25) is 0 Å². The third-order valence-corrected chi connectivity index (χ3v) is 6.28. The van der Waals surface area contributed by atoms with Crippen LogP contribution < -0.4 is 4.90 Å². The van der Waals surface area contributed by atoms with Crippen LogP contribution in [-0.2, 0) is 16.4 Å². The Morgan fingerprint density at radius 2 is 1.76 bits per heavy atom. The number of amides is 1. The summed E-state index contributed by atoms with van der Waals surface area (Å²) in [6.45, 7) is 1.67. The van der Waals surface area contributed by atoms with Crippen molar-refractivity contribution < 1.29 is 17.6 Å². The molecule has 0 atom stereocenters. The van der Waals surface area contributed by atoms with E-state index in [1.54, 1.807) is 25.1 Å². The molecule has 1 amide bonds. The Morgan fingerprint density at radius 1 is 1.06 bits per heavy atom. The SMILES string of the molecule is Cc1ncc(C(=O)N(Cc2ccc3ccc(Cl)nc3c2)c2ccc(F)cc2S(C)(=O)=O)cn1. The molecule has 7 nitrogen and oxygen atoms in total. The first-order valence-electron chi connectivity index (χ1n) is 9.77. The summed E-state index contributed by atoms with van der Waals surface area (Å²) in [5, 5.41) is 1.17. The fourth-order valence-electron chi connectivity index (χ4n) is 3.35. The zero-order chi connectivity index (χ0) is 23.8. The molecule has 0 aliphatic carbocycles. The highest BCUT2D eigenvalue weighted by atomic mass is 35.5. The van der Waals surface area contributed by atoms with Gasteiger partial charge < -0.3 is 4.90 Å². The van der Waals surface area contributed by atoms with Gasteiger partial charge in [-0.2, -0.15) is 0 Å². The molecule has 0 bridgehead atoms. The Hall–Kier alpha value is -3.43. The molecule has 0 saturated carbocycles. The molecule has 168 valence electrons. The minimum Gasteiger partial charge on any atom is -0.303 e. The van der Waals surface area contributed by atoms with Gasteiger partial charge in [-0.25, -0.2) is 27.8 Å². The molecular weight excluding hydrogens is 467 g/mol. The number of aromatic nitrogens is 3. The number of anilines is 1. The van der Waals surface area contributed by atoms with E-state index in [9.17, 15) is 17.6 Å². The molecule has 4 rings (SSSR count). The van der Waals surface area contributed by atoms with Crippen LogP contribution in [0.25, 0.3) is 10.9 Å². The van der Waals surface area contributed by atoms with Crippen molar-refractivity contribution in [3.05, 3.63) is 88.8 Å². The smallest absolute Gasteiger partial charge is 0.261 e. The van der Waals surface area contributed by atoms with E-state index in [1.807, 2.05) is 12.1 Å². The quantitative estimate of drug-likeness (QED) is 0.390. The molecule has 0 radical (unpaired) electrons. The Morgan fingerprint density at radius 3 is 2.45 bits per heavy atom. The Bertz CT molecular complexity index is 1480. The number of hydrogen-bond donors (Lipinski definition) is 0. The van der Waals surface area contributed by atoms with Gasteiger partial charge in [0.1, 0.15) is 16.8 Å². The van der Waals surface area contributed by atoms with Crippen LogP contribution in [0.1, 0.15) is 21.7 Å². The molecule has 0 N–H and O–H groups in total. The lowest BCUT2D eigenvalue weighted by atomic mass is 10.1. The number of benzene rings is 2. The number of sulfone groups is 1. The van der Waals surface area contributed by atoms with Crippen LogP contribution in [0.4, 0.5) is 10.1 Å². The number of rotatable bonds is 5. The van der Waals surface area contributed by atoms with Crippen molar-refractivity contribution in [1.82, 2.24) is 15.0 Å². The van der Waals surface area contributed by atoms with Crippen molar-refractivity contribution >= 4 is 43.9 Å². The predicted octanol–water partition coefficient (Wildman–Crippen LogP) is 4.38. The standard InChI is InChI=1S/C23H18ClFN4O3S/c1-14-26-11-17(12-27-14)23(30)29(20-7-6-18(25)10-21(20)33(2,31)32)13-15-3-4-16-5-8-22(24)28-19(16)9-15/h3-12H,13H2,1-2H3. The van der Waals surface area contributed by atoms with Gasteiger partial charge in [0, 0.05) is 24.0 Å². The molecule has 4 aromatic rings. The van der Waals surface area contributed by atoms with E-state index >= 15 is 0 Å². The summed E-state index contributed by atoms with van der Waals surface area (Å²) >= 11 is 6.01. The van der Waals surface area contributed by atoms with Gasteiger partial charge in [-0.15, -0.1) is 0 Å². The Labute approximate surface area is 194 Å². The summed E-state index contributed by atoms with van der Waals surface area (Å²) < 4.78 is 38.8. The molecule has 0 fully saturated rings. The first-order valence-corrected chi connectivity index (χ1v) is 12.0. The predicted molar refractivity (Wildman–Crippen MR) is 124 cm³/mol. The van der Waals surface area contributed by atoms with Crippen LogP contribution in [0.3, 0.4) is 0 Å². The number of nitrogens with zero attached hydrogens (tertiary/aromatic N) is 4. The fraction of sp³-hybridized carbons (Fsp3) is 0.130. The van der Waals surface area contributed by atoms with Gasteiger partial charge in [0.25, 0.3) is 5.91 Å². The lowest BCUT2D eigenvalue weighted by Crippen LogP contribution is -2.32. The molecule has 0 unspecified atom stereocenters. The van der Waals surface area contributed by atoms with Gasteiger partial charge in [-0.1, -0.05) is 23.7 Å². The molecule has 0 aliphatic rings. The number of halogens is 2. The lowest BCUT2D eigenvalue weighted by Gasteiger charge is -2.25. The molecule has 0 saturated heterocycles. The van der Waals surface area contributed by atoms with Gasteiger partial charge in [0.05, 0.1) is 28.2 Å². The third kappa shape index (κ3) is 4.99. The molecule has 10 heteroatoms. The van der Waals surface area contributed by atoms with Crippen LogP contribution >= 0.6 is 11.6 Å². The van der Waals surface area contributed by atoms with E-state index < -0.39 is 21.6 Å². The van der Waals surface area contributed by atoms with Crippen molar-refractivity contribution in [1.29, 1.82) is 0 Å². The van der Waals surface area contributed by atoms with Crippen LogP contribution in [0.2, 0.25) is 5.15 Å². The number of aryl methyl sites for hydroxylation is 1. The highest BCUT2D eigenvalue weighted by Crippen LogP contribution is 2.30. The van der Waals surface area contributed by atoms with Crippen molar-refractivity contribution in [2.75, 3.05) is 11.2 Å². The lowest BCUT2D eigenvalue weighted by molar-refractivity contribution is 0.0984. The maximum Gasteiger partial charge on any atom is 0.261 e. The van der Waals surface area contributed by atoms with E-state index in [0.29, 0.717) is 22.1 Å². The molecule has 0 spiro atoms. The maximum atomic E-state index is 13.9. The molecule has 2 heterocycles. The van der Waals surface area contributed by atoms with Crippen LogP contribution in [-0.4, -0.2) is 35.5 Å². The van der Waals surface area contributed by atoms with E-state index in [1.165, 1.54) is 23.4 Å². The number of hydrogen-bond acceptors (Lipinski definition) is 6. The monoisotopic (exact) mass is 484 g/mol. The molecule has 33 heavy (non-hydrogen) atoms. The Balaban J connectivity index is 1.85. The number of pyridine rings is 1. The first-order chi connectivity index (χ1) is 15.6. The second-order valence-corrected chi connectivity index (χ2v) is 9.83. The Kier molecular flexibility index (Phi) is 6.09. The maximum absolute atomic E-state index is 13.9. The van der Waals surface area contributed by atoms with Crippen molar-refractivity contribution in [2.45, 2.75) is 18.4 Å². The summed E-state index contributed by atoms with van der Waals surface area (Å²) in [5.74, 6) is -0.783. The normalized spacial score (nSPS) is 11.5. The number of carbonyl (C=O) groups is 1. The molecule has 2 aromatic heterocycles. The summed E-state index contributed by atoms with van der Waals surface area (Å²) in [6, 6.07) is 12.2.